The average molecular weight is 294 g/mol. The number of amides is 2. The molecule has 0 radical (unpaired) electrons. The van der Waals surface area contributed by atoms with Crippen LogP contribution in [0.4, 0.5) is 10.5 Å². The third-order valence-electron chi connectivity index (χ3n) is 2.51. The van der Waals surface area contributed by atoms with Crippen molar-refractivity contribution in [2.75, 3.05) is 18.5 Å². The Hall–Kier alpha value is -2.57. The summed E-state index contributed by atoms with van der Waals surface area (Å²) >= 11 is 0. The van der Waals surface area contributed by atoms with Crippen LogP contribution in [0.3, 0.4) is 0 Å². The summed E-state index contributed by atoms with van der Waals surface area (Å²) in [5.41, 5.74) is 1.33. The van der Waals surface area contributed by atoms with E-state index in [2.05, 4.69) is 15.4 Å². The molecular weight excluding hydrogens is 276 g/mol. The molecule has 0 saturated carbocycles. The number of esters is 1. The van der Waals surface area contributed by atoms with Gasteiger partial charge in [0.2, 0.25) is 0 Å². The van der Waals surface area contributed by atoms with Gasteiger partial charge in [-0.3, -0.25) is 9.59 Å². The Morgan fingerprint density at radius 3 is 2.71 bits per heavy atom. The maximum atomic E-state index is 11.6. The summed E-state index contributed by atoms with van der Waals surface area (Å²) < 4.78 is 4.68. The van der Waals surface area contributed by atoms with E-state index in [1.807, 2.05) is 0 Å². The van der Waals surface area contributed by atoms with E-state index in [9.17, 15) is 14.4 Å². The molecule has 3 N–H and O–H groups in total. The molecule has 0 bridgehead atoms. The first-order valence-corrected chi connectivity index (χ1v) is 6.52. The first kappa shape index (κ1) is 16.5. The molecule has 2 amide bonds. The third-order valence-corrected chi connectivity index (χ3v) is 2.51. The fourth-order valence-corrected chi connectivity index (χ4v) is 1.60. The van der Waals surface area contributed by atoms with Gasteiger partial charge in [-0.05, 0) is 31.0 Å². The lowest BCUT2D eigenvalue weighted by molar-refractivity contribution is -0.141. The highest BCUT2D eigenvalue weighted by Gasteiger charge is 2.06. The number of hydrogen-bond donors (Lipinski definition) is 3. The van der Waals surface area contributed by atoms with E-state index < -0.39 is 18.0 Å². The number of carboxylic acid groups (broad SMARTS) is 1. The van der Waals surface area contributed by atoms with E-state index in [0.717, 1.165) is 5.56 Å². The lowest BCUT2D eigenvalue weighted by atomic mass is 10.1. The maximum absolute atomic E-state index is 11.6. The Balaban J connectivity index is 2.46. The van der Waals surface area contributed by atoms with Gasteiger partial charge in [0.15, 0.2) is 0 Å². The van der Waals surface area contributed by atoms with Crippen LogP contribution in [-0.4, -0.2) is 36.2 Å². The summed E-state index contributed by atoms with van der Waals surface area (Å²) in [5, 5.41) is 13.6. The predicted octanol–water partition coefficient (Wildman–Crippen LogP) is 1.39. The minimum atomic E-state index is -0.874. The second kappa shape index (κ2) is 8.57. The normalized spacial score (nSPS) is 9.76. The second-order valence-electron chi connectivity index (χ2n) is 4.21. The molecule has 1 aromatic carbocycles. The molecular formula is C14H18N2O5. The number of ether oxygens (including phenoxy) is 1. The molecule has 0 fully saturated rings. The van der Waals surface area contributed by atoms with Crippen LogP contribution < -0.4 is 10.6 Å². The molecule has 7 heteroatoms. The fourth-order valence-electron chi connectivity index (χ4n) is 1.60. The molecule has 0 saturated heterocycles. The number of benzene rings is 1. The van der Waals surface area contributed by atoms with Crippen molar-refractivity contribution in [3.63, 3.8) is 0 Å². The molecule has 1 aromatic rings. The molecule has 0 aromatic heterocycles. The van der Waals surface area contributed by atoms with E-state index in [0.29, 0.717) is 12.1 Å². The zero-order chi connectivity index (χ0) is 15.7. The minimum absolute atomic E-state index is 0.0263. The van der Waals surface area contributed by atoms with Gasteiger partial charge >= 0.3 is 18.0 Å². The minimum Gasteiger partial charge on any atom is -0.481 e. The molecule has 0 aliphatic heterocycles. The van der Waals surface area contributed by atoms with E-state index in [1.165, 1.54) is 0 Å². The SMILES string of the molecule is CCOC(=O)CNC(=O)Nc1cccc(CCC(=O)O)c1. The van der Waals surface area contributed by atoms with Gasteiger partial charge in [0, 0.05) is 12.1 Å². The predicted molar refractivity (Wildman–Crippen MR) is 76.1 cm³/mol. The number of anilines is 1. The largest absolute Gasteiger partial charge is 0.481 e. The zero-order valence-corrected chi connectivity index (χ0v) is 11.7. The number of aliphatic carboxylic acids is 1. The van der Waals surface area contributed by atoms with Gasteiger partial charge in [-0.1, -0.05) is 12.1 Å². The van der Waals surface area contributed by atoms with Crippen LogP contribution in [0.25, 0.3) is 0 Å². The smallest absolute Gasteiger partial charge is 0.325 e. The Morgan fingerprint density at radius 2 is 2.05 bits per heavy atom. The van der Waals surface area contributed by atoms with E-state index >= 15 is 0 Å². The summed E-state index contributed by atoms with van der Waals surface area (Å²) in [6, 6.07) is 6.34. The number of carboxylic acids is 1. The van der Waals surface area contributed by atoms with Crippen molar-refractivity contribution in [1.29, 1.82) is 0 Å². The molecule has 21 heavy (non-hydrogen) atoms. The van der Waals surface area contributed by atoms with Crippen molar-refractivity contribution < 1.29 is 24.2 Å². The Kier molecular flexibility index (Phi) is 6.73. The van der Waals surface area contributed by atoms with Gasteiger partial charge < -0.3 is 20.5 Å². The lowest BCUT2D eigenvalue weighted by Crippen LogP contribution is -2.34. The number of nitrogens with one attached hydrogen (secondary N) is 2. The Bertz CT molecular complexity index is 516. The van der Waals surface area contributed by atoms with Crippen molar-refractivity contribution in [3.8, 4) is 0 Å². The van der Waals surface area contributed by atoms with Crippen LogP contribution in [0.1, 0.15) is 18.9 Å². The van der Waals surface area contributed by atoms with Crippen molar-refractivity contribution in [2.24, 2.45) is 0 Å². The zero-order valence-electron chi connectivity index (χ0n) is 11.7. The number of carbonyl (C=O) groups excluding carboxylic acids is 2. The van der Waals surface area contributed by atoms with Crippen LogP contribution in [0.15, 0.2) is 24.3 Å². The van der Waals surface area contributed by atoms with Crippen molar-refractivity contribution in [3.05, 3.63) is 29.8 Å². The highest BCUT2D eigenvalue weighted by Crippen LogP contribution is 2.12. The number of aryl methyl sites for hydroxylation is 1. The summed E-state index contributed by atoms with van der Waals surface area (Å²) in [7, 11) is 0. The fraction of sp³-hybridized carbons (Fsp3) is 0.357. The molecule has 0 aliphatic rings. The number of hydrogen-bond acceptors (Lipinski definition) is 4. The topological polar surface area (TPSA) is 105 Å². The maximum Gasteiger partial charge on any atom is 0.325 e. The van der Waals surface area contributed by atoms with Crippen molar-refractivity contribution in [2.45, 2.75) is 19.8 Å². The first-order valence-electron chi connectivity index (χ1n) is 6.52. The van der Waals surface area contributed by atoms with Crippen LogP contribution in [0, 0.1) is 0 Å². The van der Waals surface area contributed by atoms with E-state index in [-0.39, 0.29) is 19.6 Å². The molecule has 0 heterocycles. The summed E-state index contributed by atoms with van der Waals surface area (Å²) in [6.45, 7) is 1.73. The van der Waals surface area contributed by atoms with Crippen LogP contribution in [0.5, 0.6) is 0 Å². The Labute approximate surface area is 122 Å². The highest BCUT2D eigenvalue weighted by atomic mass is 16.5. The summed E-state index contributed by atoms with van der Waals surface area (Å²) in [6.07, 6.45) is 0.411. The van der Waals surface area contributed by atoms with Gasteiger partial charge in [-0.2, -0.15) is 0 Å². The molecule has 0 aliphatic carbocycles. The molecule has 0 unspecified atom stereocenters. The number of urea groups is 1. The monoisotopic (exact) mass is 294 g/mol. The van der Waals surface area contributed by atoms with Crippen LogP contribution in [0.2, 0.25) is 0 Å². The van der Waals surface area contributed by atoms with Crippen molar-refractivity contribution >= 4 is 23.7 Å². The molecule has 114 valence electrons. The van der Waals surface area contributed by atoms with Crippen LogP contribution >= 0.6 is 0 Å². The molecule has 0 spiro atoms. The average Bonchev–Trinajstić information content (AvgIpc) is 2.44. The first-order chi connectivity index (χ1) is 10.0. The van der Waals surface area contributed by atoms with Gasteiger partial charge in [-0.15, -0.1) is 0 Å². The van der Waals surface area contributed by atoms with Crippen LogP contribution in [-0.2, 0) is 20.7 Å². The standard InChI is InChI=1S/C14H18N2O5/c1-2-21-13(19)9-15-14(20)16-11-5-3-4-10(8-11)6-7-12(17)18/h3-5,8H,2,6-7,9H2,1H3,(H,17,18)(H2,15,16,20). The summed E-state index contributed by atoms with van der Waals surface area (Å²) in [5.74, 6) is -1.39. The van der Waals surface area contributed by atoms with Gasteiger partial charge in [0.05, 0.1) is 6.61 Å². The third kappa shape index (κ3) is 6.95. The highest BCUT2D eigenvalue weighted by molar-refractivity contribution is 5.91. The lowest BCUT2D eigenvalue weighted by Gasteiger charge is -2.08. The Morgan fingerprint density at radius 1 is 1.29 bits per heavy atom. The van der Waals surface area contributed by atoms with Gasteiger partial charge in [0.1, 0.15) is 6.54 Å². The van der Waals surface area contributed by atoms with Gasteiger partial charge in [0.25, 0.3) is 0 Å². The summed E-state index contributed by atoms with van der Waals surface area (Å²) in [4.78, 5) is 33.2. The second-order valence-corrected chi connectivity index (χ2v) is 4.21. The number of carbonyl (C=O) groups is 3. The number of rotatable bonds is 7. The van der Waals surface area contributed by atoms with Gasteiger partial charge in [-0.25, -0.2) is 4.79 Å². The van der Waals surface area contributed by atoms with E-state index in [1.54, 1.807) is 31.2 Å². The molecule has 1 rings (SSSR count). The molecule has 7 nitrogen and oxygen atoms in total. The van der Waals surface area contributed by atoms with Crippen molar-refractivity contribution in [1.82, 2.24) is 5.32 Å². The van der Waals surface area contributed by atoms with E-state index in [4.69, 9.17) is 5.11 Å². The molecule has 0 atom stereocenters. The quantitative estimate of drug-likeness (QED) is 0.659.